The minimum Gasteiger partial charge on any atom is -0.490 e. The molecule has 0 atom stereocenters. The Morgan fingerprint density at radius 3 is 2.59 bits per heavy atom. The second-order valence-electron chi connectivity index (χ2n) is 6.89. The van der Waals surface area contributed by atoms with Crippen LogP contribution in [0, 0.1) is 0 Å². The van der Waals surface area contributed by atoms with Crippen molar-refractivity contribution in [3.8, 4) is 5.75 Å². The topological polar surface area (TPSA) is 95.3 Å². The minimum absolute atomic E-state index is 0.0295. The van der Waals surface area contributed by atoms with Gasteiger partial charge >= 0.3 is 5.97 Å². The van der Waals surface area contributed by atoms with Crippen LogP contribution in [0.25, 0.3) is 10.8 Å². The summed E-state index contributed by atoms with van der Waals surface area (Å²) in [5.41, 5.74) is 0.559. The number of nitrogens with zero attached hydrogens (tertiary/aromatic N) is 3. The highest BCUT2D eigenvalue weighted by atomic mass is 16.6. The van der Waals surface area contributed by atoms with Gasteiger partial charge in [0, 0.05) is 29.6 Å². The highest BCUT2D eigenvalue weighted by Gasteiger charge is 2.16. The van der Waals surface area contributed by atoms with E-state index in [2.05, 4.69) is 15.4 Å². The molecule has 2 aromatic carbocycles. The predicted molar refractivity (Wildman–Crippen MR) is 121 cm³/mol. The molecule has 4 aromatic rings. The standard InChI is InChI=1S/C24H22N4O4/c1-2-28-23(29)20(26-22-16-25-15-17-8-6-7-11-19(17)22)14-21(27-28)24(30)32-13-12-31-18-9-4-3-5-10-18/h3-11,14-16,26H,2,12-13H2,1H3. The van der Waals surface area contributed by atoms with E-state index in [4.69, 9.17) is 9.47 Å². The van der Waals surface area contributed by atoms with Gasteiger partial charge in [-0.05, 0) is 19.1 Å². The average Bonchev–Trinajstić information content (AvgIpc) is 2.84. The van der Waals surface area contributed by atoms with Crippen LogP contribution >= 0.6 is 0 Å². The molecule has 4 rings (SSSR count). The van der Waals surface area contributed by atoms with Gasteiger partial charge in [0.15, 0.2) is 5.69 Å². The number of nitrogens with one attached hydrogen (secondary N) is 1. The second kappa shape index (κ2) is 9.74. The van der Waals surface area contributed by atoms with Crippen molar-refractivity contribution in [2.24, 2.45) is 0 Å². The number of pyridine rings is 1. The molecule has 0 unspecified atom stereocenters. The molecule has 8 heteroatoms. The number of hydrogen-bond acceptors (Lipinski definition) is 7. The van der Waals surface area contributed by atoms with E-state index in [9.17, 15) is 9.59 Å². The van der Waals surface area contributed by atoms with Gasteiger partial charge in [-0.1, -0.05) is 42.5 Å². The molecule has 1 N–H and O–H groups in total. The fraction of sp³-hybridized carbons (Fsp3) is 0.167. The van der Waals surface area contributed by atoms with Crippen LogP contribution in [0.5, 0.6) is 5.75 Å². The quantitative estimate of drug-likeness (QED) is 0.336. The van der Waals surface area contributed by atoms with Crippen LogP contribution in [0.1, 0.15) is 17.4 Å². The van der Waals surface area contributed by atoms with Crippen molar-refractivity contribution in [1.29, 1.82) is 0 Å². The van der Waals surface area contributed by atoms with Gasteiger partial charge in [0.1, 0.15) is 24.7 Å². The first-order valence-corrected chi connectivity index (χ1v) is 10.2. The van der Waals surface area contributed by atoms with Crippen molar-refractivity contribution in [3.05, 3.63) is 89.1 Å². The van der Waals surface area contributed by atoms with E-state index in [1.165, 1.54) is 10.7 Å². The van der Waals surface area contributed by atoms with Crippen LogP contribution in [0.2, 0.25) is 0 Å². The Labute approximate surface area is 184 Å². The summed E-state index contributed by atoms with van der Waals surface area (Å²) in [5, 5.41) is 9.07. The molecule has 0 spiro atoms. The van der Waals surface area contributed by atoms with E-state index in [-0.39, 0.29) is 30.2 Å². The third-order valence-electron chi connectivity index (χ3n) is 4.75. The van der Waals surface area contributed by atoms with E-state index in [0.29, 0.717) is 18.0 Å². The third-order valence-corrected chi connectivity index (χ3v) is 4.75. The van der Waals surface area contributed by atoms with Gasteiger partial charge in [0.25, 0.3) is 5.56 Å². The van der Waals surface area contributed by atoms with Crippen molar-refractivity contribution in [2.45, 2.75) is 13.5 Å². The number of carbonyl (C=O) groups is 1. The number of para-hydroxylation sites is 1. The van der Waals surface area contributed by atoms with Gasteiger partial charge in [-0.2, -0.15) is 5.10 Å². The van der Waals surface area contributed by atoms with Crippen LogP contribution in [0.3, 0.4) is 0 Å². The second-order valence-corrected chi connectivity index (χ2v) is 6.89. The Kier molecular flexibility index (Phi) is 6.41. The number of fused-ring (bicyclic) bond motifs is 1. The number of hydrogen-bond donors (Lipinski definition) is 1. The lowest BCUT2D eigenvalue weighted by Gasteiger charge is -2.12. The molecule has 0 radical (unpaired) electrons. The molecule has 2 aromatic heterocycles. The molecule has 0 bridgehead atoms. The zero-order valence-corrected chi connectivity index (χ0v) is 17.5. The first kappa shape index (κ1) is 21.0. The lowest BCUT2D eigenvalue weighted by atomic mass is 10.1. The molecule has 0 saturated heterocycles. The van der Waals surface area contributed by atoms with Crippen LogP contribution < -0.4 is 15.6 Å². The first-order valence-electron chi connectivity index (χ1n) is 10.2. The maximum atomic E-state index is 12.8. The summed E-state index contributed by atoms with van der Waals surface area (Å²) in [7, 11) is 0. The lowest BCUT2D eigenvalue weighted by molar-refractivity contribution is 0.0440. The molecule has 32 heavy (non-hydrogen) atoms. The van der Waals surface area contributed by atoms with Gasteiger partial charge in [-0.15, -0.1) is 0 Å². The van der Waals surface area contributed by atoms with Crippen molar-refractivity contribution in [3.63, 3.8) is 0 Å². The van der Waals surface area contributed by atoms with Gasteiger partial charge in [0.2, 0.25) is 0 Å². The normalized spacial score (nSPS) is 10.7. The summed E-state index contributed by atoms with van der Waals surface area (Å²) in [6, 6.07) is 18.3. The van der Waals surface area contributed by atoms with Crippen molar-refractivity contribution in [1.82, 2.24) is 14.8 Å². The van der Waals surface area contributed by atoms with E-state index in [0.717, 1.165) is 10.8 Å². The number of aryl methyl sites for hydroxylation is 1. The van der Waals surface area contributed by atoms with Crippen LogP contribution in [-0.4, -0.2) is 33.9 Å². The Hall–Kier alpha value is -4.20. The summed E-state index contributed by atoms with van der Waals surface area (Å²) >= 11 is 0. The lowest BCUT2D eigenvalue weighted by Crippen LogP contribution is -2.27. The Balaban J connectivity index is 1.51. The van der Waals surface area contributed by atoms with Gasteiger partial charge in [-0.25, -0.2) is 9.48 Å². The predicted octanol–water partition coefficient (Wildman–Crippen LogP) is 3.79. The SMILES string of the molecule is CCn1nc(C(=O)OCCOc2ccccc2)cc(Nc2cncc3ccccc23)c1=O. The zero-order chi connectivity index (χ0) is 22.3. The number of esters is 1. The fourth-order valence-corrected chi connectivity index (χ4v) is 3.19. The number of benzene rings is 2. The molecular weight excluding hydrogens is 408 g/mol. The monoisotopic (exact) mass is 430 g/mol. The third kappa shape index (κ3) is 4.75. The molecule has 0 fully saturated rings. The maximum Gasteiger partial charge on any atom is 0.358 e. The van der Waals surface area contributed by atoms with Crippen molar-refractivity contribution >= 4 is 28.1 Å². The van der Waals surface area contributed by atoms with Crippen LogP contribution in [0.4, 0.5) is 11.4 Å². The highest BCUT2D eigenvalue weighted by molar-refractivity contribution is 5.95. The van der Waals surface area contributed by atoms with Gasteiger partial charge < -0.3 is 14.8 Å². The molecule has 0 aliphatic heterocycles. The van der Waals surface area contributed by atoms with E-state index < -0.39 is 5.97 Å². The molecule has 0 aliphatic carbocycles. The molecular formula is C24H22N4O4. The summed E-state index contributed by atoms with van der Waals surface area (Å²) in [6.45, 7) is 2.34. The molecule has 0 saturated carbocycles. The smallest absolute Gasteiger partial charge is 0.358 e. The average molecular weight is 430 g/mol. The molecule has 0 amide bonds. The minimum atomic E-state index is -0.636. The highest BCUT2D eigenvalue weighted by Crippen LogP contribution is 2.24. The number of rotatable bonds is 8. The van der Waals surface area contributed by atoms with E-state index in [1.807, 2.05) is 54.6 Å². The first-order chi connectivity index (χ1) is 15.7. The van der Waals surface area contributed by atoms with Crippen LogP contribution in [0.15, 0.2) is 77.9 Å². The van der Waals surface area contributed by atoms with Crippen LogP contribution in [-0.2, 0) is 11.3 Å². The van der Waals surface area contributed by atoms with Crippen molar-refractivity contribution < 1.29 is 14.3 Å². The summed E-state index contributed by atoms with van der Waals surface area (Å²) in [6.07, 6.45) is 3.38. The number of carbonyl (C=O) groups excluding carboxylic acids is 1. The summed E-state index contributed by atoms with van der Waals surface area (Å²) in [5.74, 6) is 0.0550. The number of anilines is 2. The van der Waals surface area contributed by atoms with Gasteiger partial charge in [-0.3, -0.25) is 9.78 Å². The maximum absolute atomic E-state index is 12.8. The molecule has 8 nitrogen and oxygen atoms in total. The van der Waals surface area contributed by atoms with E-state index in [1.54, 1.807) is 19.3 Å². The Morgan fingerprint density at radius 2 is 1.78 bits per heavy atom. The molecule has 2 heterocycles. The molecule has 162 valence electrons. The van der Waals surface area contributed by atoms with Gasteiger partial charge in [0.05, 0.1) is 11.9 Å². The summed E-state index contributed by atoms with van der Waals surface area (Å²) < 4.78 is 12.0. The number of aromatic nitrogens is 3. The Bertz CT molecular complexity index is 1280. The number of ether oxygens (including phenoxy) is 2. The van der Waals surface area contributed by atoms with E-state index >= 15 is 0 Å². The zero-order valence-electron chi connectivity index (χ0n) is 17.5. The molecule has 0 aliphatic rings. The van der Waals surface area contributed by atoms with Crippen molar-refractivity contribution in [2.75, 3.05) is 18.5 Å². The Morgan fingerprint density at radius 1 is 1.00 bits per heavy atom. The summed E-state index contributed by atoms with van der Waals surface area (Å²) in [4.78, 5) is 29.6. The fourth-order valence-electron chi connectivity index (χ4n) is 3.19. The largest absolute Gasteiger partial charge is 0.490 e.